The van der Waals surface area contributed by atoms with Gasteiger partial charge in [0.2, 0.25) is 5.75 Å². The predicted molar refractivity (Wildman–Crippen MR) is 77.9 cm³/mol. The van der Waals surface area contributed by atoms with Gasteiger partial charge in [0.25, 0.3) is 0 Å². The minimum absolute atomic E-state index is 0.0228. The third kappa shape index (κ3) is 2.80. The molecule has 0 atom stereocenters. The highest BCUT2D eigenvalue weighted by atomic mass is 35.5. The molecule has 20 heavy (non-hydrogen) atoms. The van der Waals surface area contributed by atoms with Crippen LogP contribution < -0.4 is 4.74 Å². The number of halogens is 3. The second-order valence-corrected chi connectivity index (χ2v) is 5.00. The lowest BCUT2D eigenvalue weighted by molar-refractivity contribution is -0.390. The van der Waals surface area contributed by atoms with Crippen molar-refractivity contribution in [3.63, 3.8) is 0 Å². The van der Waals surface area contributed by atoms with Crippen LogP contribution in [0.15, 0.2) is 24.4 Å². The first-order valence-electron chi connectivity index (χ1n) is 5.27. The fourth-order valence-electron chi connectivity index (χ4n) is 1.68. The number of hydrogen-bond donors (Lipinski definition) is 0. The van der Waals surface area contributed by atoms with E-state index in [0.717, 1.165) is 0 Å². The van der Waals surface area contributed by atoms with Crippen LogP contribution in [0.3, 0.4) is 0 Å². The van der Waals surface area contributed by atoms with Gasteiger partial charge in [-0.3, -0.25) is 0 Å². The van der Waals surface area contributed by atoms with E-state index in [9.17, 15) is 10.1 Å². The molecule has 2 rings (SSSR count). The molecule has 0 radical (unpaired) electrons. The van der Waals surface area contributed by atoms with Gasteiger partial charge in [-0.2, -0.15) is 0 Å². The smallest absolute Gasteiger partial charge is 0.406 e. The van der Waals surface area contributed by atoms with Gasteiger partial charge in [-0.1, -0.05) is 34.8 Å². The SMILES string of the molecule is COc1cc(-c2c(Cl)cc(Cl)cc2Cl)cnc1[N+](=O)[O-]. The maximum Gasteiger partial charge on any atom is 0.406 e. The quantitative estimate of drug-likeness (QED) is 0.607. The lowest BCUT2D eigenvalue weighted by Gasteiger charge is -2.08. The van der Waals surface area contributed by atoms with Crippen molar-refractivity contribution in [1.29, 1.82) is 0 Å². The molecular formula is C12H7Cl3N2O3. The summed E-state index contributed by atoms with van der Waals surface area (Å²) in [7, 11) is 1.32. The van der Waals surface area contributed by atoms with Crippen LogP contribution in [0.1, 0.15) is 0 Å². The van der Waals surface area contributed by atoms with Crippen molar-refractivity contribution in [2.45, 2.75) is 0 Å². The average Bonchev–Trinajstić information content (AvgIpc) is 2.37. The fraction of sp³-hybridized carbons (Fsp3) is 0.0833. The molecule has 1 aromatic carbocycles. The van der Waals surface area contributed by atoms with Crippen LogP contribution in [-0.4, -0.2) is 17.0 Å². The van der Waals surface area contributed by atoms with Crippen molar-refractivity contribution in [1.82, 2.24) is 4.98 Å². The van der Waals surface area contributed by atoms with Crippen LogP contribution in [-0.2, 0) is 0 Å². The largest absolute Gasteiger partial charge is 0.489 e. The highest BCUT2D eigenvalue weighted by molar-refractivity contribution is 6.41. The molecule has 0 N–H and O–H groups in total. The van der Waals surface area contributed by atoms with Gasteiger partial charge >= 0.3 is 5.82 Å². The van der Waals surface area contributed by atoms with Crippen molar-refractivity contribution in [3.8, 4) is 16.9 Å². The van der Waals surface area contributed by atoms with E-state index >= 15 is 0 Å². The molecule has 0 aliphatic carbocycles. The number of pyridine rings is 1. The van der Waals surface area contributed by atoms with Gasteiger partial charge in [-0.05, 0) is 22.0 Å². The Labute approximate surface area is 129 Å². The molecule has 1 heterocycles. The number of rotatable bonds is 3. The molecular weight excluding hydrogens is 327 g/mol. The van der Waals surface area contributed by atoms with Crippen LogP contribution in [0.5, 0.6) is 5.75 Å². The molecule has 104 valence electrons. The van der Waals surface area contributed by atoms with Crippen molar-refractivity contribution in [2.24, 2.45) is 0 Å². The zero-order valence-electron chi connectivity index (χ0n) is 10.1. The van der Waals surface area contributed by atoms with E-state index in [1.807, 2.05) is 0 Å². The summed E-state index contributed by atoms with van der Waals surface area (Å²) in [6.07, 6.45) is 1.31. The topological polar surface area (TPSA) is 65.3 Å². The summed E-state index contributed by atoms with van der Waals surface area (Å²) >= 11 is 18.0. The summed E-state index contributed by atoms with van der Waals surface area (Å²) in [6, 6.07) is 4.50. The summed E-state index contributed by atoms with van der Waals surface area (Å²) < 4.78 is 4.96. The van der Waals surface area contributed by atoms with Crippen molar-refractivity contribution >= 4 is 40.6 Å². The van der Waals surface area contributed by atoms with Crippen molar-refractivity contribution in [2.75, 3.05) is 7.11 Å². The van der Waals surface area contributed by atoms with Crippen LogP contribution in [0.4, 0.5) is 5.82 Å². The van der Waals surface area contributed by atoms with E-state index in [1.165, 1.54) is 31.5 Å². The second-order valence-electron chi connectivity index (χ2n) is 3.75. The predicted octanol–water partition coefficient (Wildman–Crippen LogP) is 4.63. The summed E-state index contributed by atoms with van der Waals surface area (Å²) in [5.41, 5.74) is 0.984. The van der Waals surface area contributed by atoms with E-state index in [2.05, 4.69) is 4.98 Å². The first-order chi connectivity index (χ1) is 9.43. The molecule has 2 aromatic rings. The maximum atomic E-state index is 10.8. The van der Waals surface area contributed by atoms with E-state index in [0.29, 0.717) is 26.2 Å². The van der Waals surface area contributed by atoms with Crippen LogP contribution >= 0.6 is 34.8 Å². The van der Waals surface area contributed by atoms with Crippen LogP contribution in [0.25, 0.3) is 11.1 Å². The minimum atomic E-state index is -0.631. The van der Waals surface area contributed by atoms with E-state index in [4.69, 9.17) is 39.5 Å². The van der Waals surface area contributed by atoms with E-state index in [1.54, 1.807) is 0 Å². The molecule has 8 heteroatoms. The van der Waals surface area contributed by atoms with Gasteiger partial charge in [-0.15, -0.1) is 0 Å². The molecule has 0 unspecified atom stereocenters. The summed E-state index contributed by atoms with van der Waals surface area (Å²) in [6.45, 7) is 0. The number of methoxy groups -OCH3 is 1. The Morgan fingerprint density at radius 2 is 1.80 bits per heavy atom. The molecule has 0 bridgehead atoms. The minimum Gasteiger partial charge on any atom is -0.489 e. The maximum absolute atomic E-state index is 10.8. The Hall–Kier alpha value is -1.56. The highest BCUT2D eigenvalue weighted by Gasteiger charge is 2.20. The fourth-order valence-corrected chi connectivity index (χ4v) is 2.71. The first kappa shape index (κ1) is 14.8. The first-order valence-corrected chi connectivity index (χ1v) is 6.40. The Kier molecular flexibility index (Phi) is 4.32. The number of nitro groups is 1. The van der Waals surface area contributed by atoms with Crippen LogP contribution in [0.2, 0.25) is 15.1 Å². The summed E-state index contributed by atoms with van der Waals surface area (Å²) in [5.74, 6) is -0.355. The molecule has 0 saturated heterocycles. The highest BCUT2D eigenvalue weighted by Crippen LogP contribution is 2.39. The zero-order chi connectivity index (χ0) is 14.9. The Balaban J connectivity index is 2.63. The monoisotopic (exact) mass is 332 g/mol. The zero-order valence-corrected chi connectivity index (χ0v) is 12.3. The van der Waals surface area contributed by atoms with Crippen LogP contribution in [0, 0.1) is 10.1 Å². The van der Waals surface area contributed by atoms with Gasteiger partial charge in [-0.25, -0.2) is 0 Å². The Bertz CT molecular complexity index is 669. The third-order valence-electron chi connectivity index (χ3n) is 2.52. The lowest BCUT2D eigenvalue weighted by Crippen LogP contribution is -1.97. The molecule has 0 amide bonds. The second kappa shape index (κ2) is 5.83. The summed E-state index contributed by atoms with van der Waals surface area (Å²) in [5, 5.41) is 11.8. The lowest BCUT2D eigenvalue weighted by atomic mass is 10.1. The summed E-state index contributed by atoms with van der Waals surface area (Å²) in [4.78, 5) is 13.9. The van der Waals surface area contributed by atoms with Gasteiger partial charge in [0.05, 0.1) is 17.2 Å². The number of hydrogen-bond acceptors (Lipinski definition) is 4. The standard InChI is InChI=1S/C12H7Cl3N2O3/c1-20-10-2-6(5-16-12(10)17(18)19)11-8(14)3-7(13)4-9(11)15/h2-5H,1H3. The van der Waals surface area contributed by atoms with Crippen molar-refractivity contribution in [3.05, 3.63) is 49.6 Å². The number of benzene rings is 1. The molecule has 5 nitrogen and oxygen atoms in total. The number of aromatic nitrogens is 1. The normalized spacial score (nSPS) is 10.4. The van der Waals surface area contributed by atoms with Gasteiger partial charge in [0.1, 0.15) is 6.20 Å². The van der Waals surface area contributed by atoms with E-state index in [-0.39, 0.29) is 11.6 Å². The Morgan fingerprint density at radius 3 is 2.30 bits per heavy atom. The molecule has 0 saturated carbocycles. The average molecular weight is 334 g/mol. The van der Waals surface area contributed by atoms with Gasteiger partial charge in [0.15, 0.2) is 0 Å². The number of ether oxygens (including phenoxy) is 1. The molecule has 0 spiro atoms. The van der Waals surface area contributed by atoms with E-state index < -0.39 is 4.92 Å². The third-order valence-corrected chi connectivity index (χ3v) is 3.34. The molecule has 0 aliphatic heterocycles. The molecule has 1 aromatic heterocycles. The van der Waals surface area contributed by atoms with Gasteiger partial charge < -0.3 is 14.9 Å². The van der Waals surface area contributed by atoms with Crippen molar-refractivity contribution < 1.29 is 9.66 Å². The number of nitrogens with zero attached hydrogens (tertiary/aromatic N) is 2. The van der Waals surface area contributed by atoms with Gasteiger partial charge in [0, 0.05) is 22.2 Å². The molecule has 0 fully saturated rings. The Morgan fingerprint density at radius 1 is 1.20 bits per heavy atom. The molecule has 0 aliphatic rings.